The fourth-order valence-corrected chi connectivity index (χ4v) is 3.74. The number of morpholine rings is 1. The quantitative estimate of drug-likeness (QED) is 0.269. The summed E-state index contributed by atoms with van der Waals surface area (Å²) in [6.45, 7) is 15.1. The molecule has 1 aliphatic rings. The van der Waals surface area contributed by atoms with Crippen molar-refractivity contribution >= 4 is 35.8 Å². The standard InChI is InChI=1S/C23H39N5O2.HI/c1-5-24-23(25-12-11-22(29)27(6-2)7-3)26-18-21(28-13-15-30-16-14-28)20-10-8-9-19(4)17-20;/h8-10,17,21H,5-7,11-16,18H2,1-4H3,(H2,24,25,26);1H. The molecule has 0 aliphatic carbocycles. The number of carbonyl (C=O) groups excluding carboxylic acids is 1. The minimum absolute atomic E-state index is 0. The minimum atomic E-state index is 0. The number of ether oxygens (including phenoxy) is 1. The molecule has 2 rings (SSSR count). The van der Waals surface area contributed by atoms with E-state index < -0.39 is 0 Å². The van der Waals surface area contributed by atoms with Crippen LogP contribution in [0.4, 0.5) is 0 Å². The largest absolute Gasteiger partial charge is 0.379 e. The Morgan fingerprint density at radius 1 is 1.19 bits per heavy atom. The maximum Gasteiger partial charge on any atom is 0.224 e. The lowest BCUT2D eigenvalue weighted by Gasteiger charge is -2.34. The van der Waals surface area contributed by atoms with Gasteiger partial charge in [0, 0.05) is 45.7 Å². The smallest absolute Gasteiger partial charge is 0.224 e. The van der Waals surface area contributed by atoms with Gasteiger partial charge in [0.15, 0.2) is 5.96 Å². The van der Waals surface area contributed by atoms with Crippen LogP contribution in [0.2, 0.25) is 0 Å². The highest BCUT2D eigenvalue weighted by Crippen LogP contribution is 2.23. The lowest BCUT2D eigenvalue weighted by atomic mass is 10.0. The first-order valence-electron chi connectivity index (χ1n) is 11.3. The maximum absolute atomic E-state index is 12.2. The number of guanidine groups is 1. The van der Waals surface area contributed by atoms with Crippen molar-refractivity contribution in [2.24, 2.45) is 4.99 Å². The second kappa shape index (κ2) is 15.4. The summed E-state index contributed by atoms with van der Waals surface area (Å²) in [5.41, 5.74) is 2.54. The van der Waals surface area contributed by atoms with Gasteiger partial charge in [-0.15, -0.1) is 24.0 Å². The molecule has 1 amide bonds. The number of rotatable bonds is 10. The molecular formula is C23H40IN5O2. The fraction of sp³-hybridized carbons (Fsp3) is 0.652. The molecule has 0 spiro atoms. The molecule has 0 radical (unpaired) electrons. The highest BCUT2D eigenvalue weighted by Gasteiger charge is 2.22. The molecule has 1 heterocycles. The molecule has 0 aromatic heterocycles. The summed E-state index contributed by atoms with van der Waals surface area (Å²) in [7, 11) is 0. The van der Waals surface area contributed by atoms with E-state index in [2.05, 4.69) is 53.6 Å². The number of amides is 1. The summed E-state index contributed by atoms with van der Waals surface area (Å²) in [6.07, 6.45) is 0.469. The third-order valence-electron chi connectivity index (χ3n) is 5.43. The Balaban J connectivity index is 0.00000480. The summed E-state index contributed by atoms with van der Waals surface area (Å²) >= 11 is 0. The van der Waals surface area contributed by atoms with Crippen LogP contribution in [-0.2, 0) is 9.53 Å². The van der Waals surface area contributed by atoms with Crippen molar-refractivity contribution in [1.29, 1.82) is 0 Å². The van der Waals surface area contributed by atoms with E-state index in [0.717, 1.165) is 51.9 Å². The number of nitrogens with zero attached hydrogens (tertiary/aromatic N) is 3. The Hall–Kier alpha value is -1.39. The molecule has 0 bridgehead atoms. The predicted octanol–water partition coefficient (Wildman–Crippen LogP) is 2.80. The molecule has 1 aliphatic heterocycles. The summed E-state index contributed by atoms with van der Waals surface area (Å²) in [6, 6.07) is 8.89. The summed E-state index contributed by atoms with van der Waals surface area (Å²) in [5.74, 6) is 0.935. The van der Waals surface area contributed by atoms with Crippen molar-refractivity contribution < 1.29 is 9.53 Å². The van der Waals surface area contributed by atoms with Crippen LogP contribution in [0.15, 0.2) is 29.3 Å². The highest BCUT2D eigenvalue weighted by molar-refractivity contribution is 14.0. The van der Waals surface area contributed by atoms with E-state index in [9.17, 15) is 4.79 Å². The second-order valence-corrected chi connectivity index (χ2v) is 7.54. The van der Waals surface area contributed by atoms with Gasteiger partial charge >= 0.3 is 0 Å². The van der Waals surface area contributed by atoms with Gasteiger partial charge in [0.05, 0.1) is 25.8 Å². The average Bonchev–Trinajstić information content (AvgIpc) is 2.75. The lowest BCUT2D eigenvalue weighted by molar-refractivity contribution is -0.130. The fourth-order valence-electron chi connectivity index (χ4n) is 3.74. The van der Waals surface area contributed by atoms with E-state index in [-0.39, 0.29) is 35.9 Å². The third kappa shape index (κ3) is 9.33. The maximum atomic E-state index is 12.2. The molecule has 0 saturated carbocycles. The van der Waals surface area contributed by atoms with Crippen molar-refractivity contribution in [3.8, 4) is 0 Å². The Morgan fingerprint density at radius 3 is 2.52 bits per heavy atom. The van der Waals surface area contributed by atoms with Crippen LogP contribution in [0.3, 0.4) is 0 Å². The van der Waals surface area contributed by atoms with Crippen LogP contribution in [0.5, 0.6) is 0 Å². The highest BCUT2D eigenvalue weighted by atomic mass is 127. The van der Waals surface area contributed by atoms with Crippen molar-refractivity contribution in [1.82, 2.24) is 20.4 Å². The number of carbonyl (C=O) groups is 1. The zero-order valence-corrected chi connectivity index (χ0v) is 21.9. The third-order valence-corrected chi connectivity index (χ3v) is 5.43. The van der Waals surface area contributed by atoms with E-state index >= 15 is 0 Å². The van der Waals surface area contributed by atoms with Gasteiger partial charge in [0.1, 0.15) is 0 Å². The number of aliphatic imine (C=N–C) groups is 1. The normalized spacial score (nSPS) is 15.7. The molecule has 1 aromatic rings. The van der Waals surface area contributed by atoms with E-state index in [4.69, 9.17) is 9.73 Å². The zero-order valence-electron chi connectivity index (χ0n) is 19.5. The Kier molecular flexibility index (Phi) is 13.7. The topological polar surface area (TPSA) is 69.2 Å². The average molecular weight is 546 g/mol. The van der Waals surface area contributed by atoms with Crippen LogP contribution < -0.4 is 10.6 Å². The molecule has 1 saturated heterocycles. The number of aryl methyl sites for hydroxylation is 1. The van der Waals surface area contributed by atoms with Crippen LogP contribution in [0.25, 0.3) is 0 Å². The number of nitrogens with one attached hydrogen (secondary N) is 2. The molecule has 31 heavy (non-hydrogen) atoms. The van der Waals surface area contributed by atoms with Gasteiger partial charge in [-0.2, -0.15) is 0 Å². The van der Waals surface area contributed by atoms with Gasteiger partial charge in [0.25, 0.3) is 0 Å². The summed E-state index contributed by atoms with van der Waals surface area (Å²) in [5, 5.41) is 6.63. The van der Waals surface area contributed by atoms with Gasteiger partial charge < -0.3 is 20.3 Å². The zero-order chi connectivity index (χ0) is 21.8. The Labute approximate surface area is 205 Å². The molecule has 2 N–H and O–H groups in total. The van der Waals surface area contributed by atoms with E-state index in [1.54, 1.807) is 0 Å². The van der Waals surface area contributed by atoms with Gasteiger partial charge in [-0.25, -0.2) is 0 Å². The van der Waals surface area contributed by atoms with Crippen LogP contribution in [0, 0.1) is 6.92 Å². The van der Waals surface area contributed by atoms with E-state index in [1.807, 2.05) is 18.7 Å². The molecule has 1 atom stereocenters. The minimum Gasteiger partial charge on any atom is -0.379 e. The van der Waals surface area contributed by atoms with Crippen LogP contribution in [-0.4, -0.2) is 80.7 Å². The molecule has 7 nitrogen and oxygen atoms in total. The summed E-state index contributed by atoms with van der Waals surface area (Å²) in [4.78, 5) is 21.4. The number of hydrogen-bond donors (Lipinski definition) is 2. The monoisotopic (exact) mass is 545 g/mol. The lowest BCUT2D eigenvalue weighted by Crippen LogP contribution is -2.42. The molecule has 1 unspecified atom stereocenters. The number of halogens is 1. The van der Waals surface area contributed by atoms with Gasteiger partial charge in [0.2, 0.25) is 5.91 Å². The first kappa shape index (κ1) is 27.6. The van der Waals surface area contributed by atoms with Gasteiger partial charge in [-0.3, -0.25) is 14.7 Å². The first-order chi connectivity index (χ1) is 14.6. The number of benzene rings is 1. The van der Waals surface area contributed by atoms with E-state index in [0.29, 0.717) is 19.5 Å². The molecule has 8 heteroatoms. The SMILES string of the molecule is CCNC(=NCC(c1cccc(C)c1)N1CCOCC1)NCCC(=O)N(CC)CC.I. The Bertz CT molecular complexity index is 676. The van der Waals surface area contributed by atoms with Crippen LogP contribution >= 0.6 is 24.0 Å². The van der Waals surface area contributed by atoms with Crippen molar-refractivity contribution in [2.75, 3.05) is 59.0 Å². The molecule has 176 valence electrons. The summed E-state index contributed by atoms with van der Waals surface area (Å²) < 4.78 is 5.55. The van der Waals surface area contributed by atoms with Crippen molar-refractivity contribution in [3.63, 3.8) is 0 Å². The van der Waals surface area contributed by atoms with Crippen molar-refractivity contribution in [3.05, 3.63) is 35.4 Å². The van der Waals surface area contributed by atoms with Gasteiger partial charge in [-0.05, 0) is 33.3 Å². The van der Waals surface area contributed by atoms with Gasteiger partial charge in [-0.1, -0.05) is 29.8 Å². The molecular weight excluding hydrogens is 505 g/mol. The first-order valence-corrected chi connectivity index (χ1v) is 11.3. The predicted molar refractivity (Wildman–Crippen MR) is 138 cm³/mol. The van der Waals surface area contributed by atoms with Crippen molar-refractivity contribution in [2.45, 2.75) is 40.2 Å². The second-order valence-electron chi connectivity index (χ2n) is 7.54. The molecule has 1 fully saturated rings. The van der Waals surface area contributed by atoms with E-state index in [1.165, 1.54) is 11.1 Å². The number of hydrogen-bond acceptors (Lipinski definition) is 4. The molecule has 1 aromatic carbocycles. The Morgan fingerprint density at radius 2 is 1.90 bits per heavy atom. The van der Waals surface area contributed by atoms with Crippen LogP contribution in [0.1, 0.15) is 44.4 Å².